The van der Waals surface area contributed by atoms with Gasteiger partial charge in [0.1, 0.15) is 0 Å². The van der Waals surface area contributed by atoms with Gasteiger partial charge in [-0.25, -0.2) is 0 Å². The molecule has 0 aliphatic carbocycles. The number of aliphatic hydroxyl groups is 1. The van der Waals surface area contributed by atoms with Crippen LogP contribution in [-0.4, -0.2) is 11.7 Å². The third kappa shape index (κ3) is 2.99. The minimum Gasteiger partial charge on any atom is -0.396 e. The largest absolute Gasteiger partial charge is 0.396 e. The van der Waals surface area contributed by atoms with Crippen LogP contribution < -0.4 is 0 Å². The molecule has 0 heterocycles. The topological polar surface area (TPSA) is 20.2 Å². The predicted molar refractivity (Wildman–Crippen MR) is 76.4 cm³/mol. The molecule has 0 radical (unpaired) electrons. The first kappa shape index (κ1) is 12.8. The Hall–Kier alpha value is -1.60. The maximum absolute atomic E-state index is 9.42. The third-order valence-corrected chi connectivity index (χ3v) is 3.20. The van der Waals surface area contributed by atoms with E-state index in [0.29, 0.717) is 0 Å². The number of hydrogen-bond donors (Lipinski definition) is 1. The van der Waals surface area contributed by atoms with Gasteiger partial charge in [-0.05, 0) is 28.5 Å². The van der Waals surface area contributed by atoms with Gasteiger partial charge in [0.2, 0.25) is 0 Å². The fraction of sp³-hybridized carbons (Fsp3) is 0.294. The highest BCUT2D eigenvalue weighted by Gasteiger charge is 2.18. The average molecular weight is 240 g/mol. The van der Waals surface area contributed by atoms with E-state index in [4.69, 9.17) is 0 Å². The van der Waals surface area contributed by atoms with Crippen LogP contribution in [0.2, 0.25) is 0 Å². The van der Waals surface area contributed by atoms with Gasteiger partial charge in [0.05, 0.1) is 0 Å². The van der Waals surface area contributed by atoms with Crippen LogP contribution in [0, 0.1) is 5.41 Å². The third-order valence-electron chi connectivity index (χ3n) is 3.20. The Labute approximate surface area is 109 Å². The summed E-state index contributed by atoms with van der Waals surface area (Å²) in [5.41, 5.74) is 3.72. The Balaban J connectivity index is 2.38. The fourth-order valence-corrected chi connectivity index (χ4v) is 2.15. The van der Waals surface area contributed by atoms with Crippen LogP contribution in [0.1, 0.15) is 19.4 Å². The number of rotatable bonds is 4. The Bertz CT molecular complexity index is 500. The smallest absolute Gasteiger partial charge is 0.0485 e. The lowest BCUT2D eigenvalue weighted by Gasteiger charge is -2.23. The molecule has 0 aromatic heterocycles. The van der Waals surface area contributed by atoms with Crippen molar-refractivity contribution in [3.05, 3.63) is 60.2 Å². The Morgan fingerprint density at radius 2 is 1.50 bits per heavy atom. The number of aliphatic hydroxyl groups excluding tert-OH is 1. The van der Waals surface area contributed by atoms with Crippen molar-refractivity contribution in [3.8, 4) is 11.1 Å². The molecule has 94 valence electrons. The van der Waals surface area contributed by atoms with E-state index < -0.39 is 0 Å². The second-order valence-electron chi connectivity index (χ2n) is 5.52. The van der Waals surface area contributed by atoms with E-state index in [2.05, 4.69) is 62.4 Å². The van der Waals surface area contributed by atoms with Crippen molar-refractivity contribution in [2.24, 2.45) is 5.41 Å². The molecule has 1 N–H and O–H groups in total. The van der Waals surface area contributed by atoms with Crippen LogP contribution in [0.4, 0.5) is 0 Å². The first-order valence-electron chi connectivity index (χ1n) is 6.36. The van der Waals surface area contributed by atoms with Gasteiger partial charge >= 0.3 is 0 Å². The normalized spacial score (nSPS) is 11.5. The van der Waals surface area contributed by atoms with E-state index in [1.807, 2.05) is 6.07 Å². The predicted octanol–water partition coefficient (Wildman–Crippen LogP) is 3.91. The molecule has 1 nitrogen and oxygen atoms in total. The van der Waals surface area contributed by atoms with Crippen molar-refractivity contribution < 1.29 is 5.11 Å². The molecule has 0 unspecified atom stereocenters. The molecule has 0 fully saturated rings. The van der Waals surface area contributed by atoms with Gasteiger partial charge in [-0.15, -0.1) is 0 Å². The second-order valence-corrected chi connectivity index (χ2v) is 5.52. The fourth-order valence-electron chi connectivity index (χ4n) is 2.15. The maximum atomic E-state index is 9.42. The molecule has 0 aliphatic heterocycles. The summed E-state index contributed by atoms with van der Waals surface area (Å²) >= 11 is 0. The quantitative estimate of drug-likeness (QED) is 0.859. The highest BCUT2D eigenvalue weighted by molar-refractivity contribution is 5.67. The van der Waals surface area contributed by atoms with Crippen molar-refractivity contribution in [1.29, 1.82) is 0 Å². The summed E-state index contributed by atoms with van der Waals surface area (Å²) in [5, 5.41) is 9.42. The van der Waals surface area contributed by atoms with Crippen LogP contribution in [0.3, 0.4) is 0 Å². The molecular formula is C17H20O. The first-order valence-corrected chi connectivity index (χ1v) is 6.36. The molecule has 0 saturated heterocycles. The second kappa shape index (κ2) is 5.36. The molecule has 1 heteroatoms. The zero-order valence-corrected chi connectivity index (χ0v) is 11.1. The monoisotopic (exact) mass is 240 g/mol. The molecule has 0 aliphatic rings. The molecule has 0 atom stereocenters. The molecule has 0 saturated carbocycles. The van der Waals surface area contributed by atoms with Gasteiger partial charge in [0.15, 0.2) is 0 Å². The van der Waals surface area contributed by atoms with E-state index in [9.17, 15) is 5.11 Å². The van der Waals surface area contributed by atoms with Gasteiger partial charge in [-0.1, -0.05) is 68.4 Å². The molecule has 0 spiro atoms. The SMILES string of the molecule is CC(C)(CO)Cc1ccccc1-c1ccccc1. The molecule has 0 amide bonds. The molecule has 2 aromatic rings. The molecule has 2 aromatic carbocycles. The van der Waals surface area contributed by atoms with Crippen molar-refractivity contribution in [3.63, 3.8) is 0 Å². The highest BCUT2D eigenvalue weighted by Crippen LogP contribution is 2.29. The van der Waals surface area contributed by atoms with E-state index in [-0.39, 0.29) is 12.0 Å². The van der Waals surface area contributed by atoms with Crippen LogP contribution in [-0.2, 0) is 6.42 Å². The maximum Gasteiger partial charge on any atom is 0.0485 e. The van der Waals surface area contributed by atoms with E-state index >= 15 is 0 Å². The number of benzene rings is 2. The van der Waals surface area contributed by atoms with Crippen molar-refractivity contribution in [2.45, 2.75) is 20.3 Å². The van der Waals surface area contributed by atoms with Crippen molar-refractivity contribution >= 4 is 0 Å². The summed E-state index contributed by atoms with van der Waals surface area (Å²) in [5.74, 6) is 0. The summed E-state index contributed by atoms with van der Waals surface area (Å²) in [6.07, 6.45) is 0.883. The van der Waals surface area contributed by atoms with Crippen LogP contribution in [0.15, 0.2) is 54.6 Å². The van der Waals surface area contributed by atoms with Crippen LogP contribution in [0.5, 0.6) is 0 Å². The van der Waals surface area contributed by atoms with Gasteiger partial charge in [-0.3, -0.25) is 0 Å². The molecule has 0 bridgehead atoms. The molecule has 18 heavy (non-hydrogen) atoms. The van der Waals surface area contributed by atoms with Crippen LogP contribution >= 0.6 is 0 Å². The Morgan fingerprint density at radius 1 is 0.889 bits per heavy atom. The standard InChI is InChI=1S/C17H20O/c1-17(2,13-18)12-15-10-6-7-11-16(15)14-8-4-3-5-9-14/h3-11,18H,12-13H2,1-2H3. The lowest BCUT2D eigenvalue weighted by atomic mass is 9.84. The summed E-state index contributed by atoms with van der Waals surface area (Å²) < 4.78 is 0. The zero-order valence-electron chi connectivity index (χ0n) is 11.1. The van der Waals surface area contributed by atoms with Gasteiger partial charge in [0, 0.05) is 6.61 Å². The lowest BCUT2D eigenvalue weighted by Crippen LogP contribution is -2.20. The Kier molecular flexibility index (Phi) is 3.83. The average Bonchev–Trinajstić information content (AvgIpc) is 2.40. The van der Waals surface area contributed by atoms with Gasteiger partial charge in [0.25, 0.3) is 0 Å². The van der Waals surface area contributed by atoms with Gasteiger partial charge < -0.3 is 5.11 Å². The van der Waals surface area contributed by atoms with E-state index in [1.54, 1.807) is 0 Å². The van der Waals surface area contributed by atoms with Crippen LogP contribution in [0.25, 0.3) is 11.1 Å². The minimum atomic E-state index is -0.0785. The molecule has 2 rings (SSSR count). The summed E-state index contributed by atoms with van der Waals surface area (Å²) in [7, 11) is 0. The van der Waals surface area contributed by atoms with Crippen molar-refractivity contribution in [1.82, 2.24) is 0 Å². The lowest BCUT2D eigenvalue weighted by molar-refractivity contribution is 0.160. The molecular weight excluding hydrogens is 220 g/mol. The van der Waals surface area contributed by atoms with Crippen molar-refractivity contribution in [2.75, 3.05) is 6.61 Å². The summed E-state index contributed by atoms with van der Waals surface area (Å²) in [6.45, 7) is 4.39. The summed E-state index contributed by atoms with van der Waals surface area (Å²) in [4.78, 5) is 0. The van der Waals surface area contributed by atoms with E-state index in [0.717, 1.165) is 6.42 Å². The zero-order chi connectivity index (χ0) is 13.0. The van der Waals surface area contributed by atoms with Gasteiger partial charge in [-0.2, -0.15) is 0 Å². The Morgan fingerprint density at radius 3 is 2.17 bits per heavy atom. The first-order chi connectivity index (χ1) is 8.62. The summed E-state index contributed by atoms with van der Waals surface area (Å²) in [6, 6.07) is 18.8. The highest BCUT2D eigenvalue weighted by atomic mass is 16.3. The minimum absolute atomic E-state index is 0.0785. The van der Waals surface area contributed by atoms with E-state index in [1.165, 1.54) is 16.7 Å². The number of hydrogen-bond acceptors (Lipinski definition) is 1.